The molecule has 1 saturated carbocycles. The highest BCUT2D eigenvalue weighted by molar-refractivity contribution is 5.84. The Hall–Kier alpha value is -2.62. The van der Waals surface area contributed by atoms with Crippen LogP contribution in [-0.2, 0) is 0 Å². The maximum Gasteiger partial charge on any atom is 0.184 e. The molecule has 0 spiro atoms. The lowest BCUT2D eigenvalue weighted by Crippen LogP contribution is -2.28. The number of aryl methyl sites for hydroxylation is 1. The summed E-state index contributed by atoms with van der Waals surface area (Å²) in [5.74, 6) is 4.23. The lowest BCUT2D eigenvalue weighted by molar-refractivity contribution is 0.172. The van der Waals surface area contributed by atoms with Crippen LogP contribution in [0.5, 0.6) is 11.5 Å². The predicted molar refractivity (Wildman–Crippen MR) is 153 cm³/mol. The predicted octanol–water partition coefficient (Wildman–Crippen LogP) is 8.49. The summed E-state index contributed by atoms with van der Waals surface area (Å²) < 4.78 is 11.5. The lowest BCUT2D eigenvalue weighted by Gasteiger charge is -2.29. The number of nitrogens with one attached hydrogen (secondary N) is 1. The quantitative estimate of drug-likeness (QED) is 0.361. The Morgan fingerprint density at radius 3 is 2.53 bits per heavy atom. The van der Waals surface area contributed by atoms with Gasteiger partial charge in [0.15, 0.2) is 11.5 Å². The van der Waals surface area contributed by atoms with Crippen molar-refractivity contribution in [1.29, 1.82) is 0 Å². The summed E-state index contributed by atoms with van der Waals surface area (Å²) in [7, 11) is 0. The lowest BCUT2D eigenvalue weighted by atomic mass is 9.79. The summed E-state index contributed by atoms with van der Waals surface area (Å²) >= 11 is 0. The molecule has 1 N–H and O–H groups in total. The number of para-hydroxylation sites is 1. The third-order valence-corrected chi connectivity index (χ3v) is 7.68. The van der Waals surface area contributed by atoms with Crippen LogP contribution < -0.4 is 14.4 Å². The Morgan fingerprint density at radius 1 is 1.00 bits per heavy atom. The van der Waals surface area contributed by atoms with E-state index in [1.165, 1.54) is 54.3 Å². The van der Waals surface area contributed by atoms with Gasteiger partial charge in [-0.2, -0.15) is 0 Å². The van der Waals surface area contributed by atoms with Gasteiger partial charge in [-0.1, -0.05) is 58.2 Å². The van der Waals surface area contributed by atoms with Crippen LogP contribution in [0.3, 0.4) is 0 Å². The zero-order valence-corrected chi connectivity index (χ0v) is 23.1. The number of nitrogens with zero attached hydrogens (tertiary/aromatic N) is 1. The fraction of sp³-hybridized carbons (Fsp3) is 0.562. The molecule has 1 aromatic heterocycles. The van der Waals surface area contributed by atoms with Gasteiger partial charge in [-0.3, -0.25) is 0 Å². The first-order valence-electron chi connectivity index (χ1n) is 14.2. The molecule has 0 atom stereocenters. The zero-order chi connectivity index (χ0) is 25.5. The molecule has 196 valence electrons. The molecule has 1 aliphatic heterocycles. The highest BCUT2D eigenvalue weighted by atomic mass is 16.6. The van der Waals surface area contributed by atoms with Crippen LogP contribution in [-0.4, -0.2) is 31.3 Å². The number of H-pyrrole nitrogens is 1. The first kappa shape index (κ1) is 26.4. The number of aromatic nitrogens is 1. The summed E-state index contributed by atoms with van der Waals surface area (Å²) in [6.07, 6.45) is 10.1. The Balaban J connectivity index is 0.000000170. The third kappa shape index (κ3) is 6.57. The van der Waals surface area contributed by atoms with E-state index in [-0.39, 0.29) is 0 Å². The Morgan fingerprint density at radius 2 is 1.78 bits per heavy atom. The van der Waals surface area contributed by atoms with E-state index in [9.17, 15) is 0 Å². The summed E-state index contributed by atoms with van der Waals surface area (Å²) in [6.45, 7) is 14.8. The highest BCUT2D eigenvalue weighted by Crippen LogP contribution is 2.40. The first-order valence-corrected chi connectivity index (χ1v) is 14.2. The maximum atomic E-state index is 5.82. The number of hydrogen-bond donors (Lipinski definition) is 1. The summed E-state index contributed by atoms with van der Waals surface area (Å²) in [6, 6.07) is 12.9. The van der Waals surface area contributed by atoms with Gasteiger partial charge in [0.1, 0.15) is 13.2 Å². The monoisotopic (exact) mass is 490 g/mol. The second-order valence-electron chi connectivity index (χ2n) is 11.2. The minimum Gasteiger partial charge on any atom is -0.486 e. The number of hydrogen-bond acceptors (Lipinski definition) is 3. The fourth-order valence-electron chi connectivity index (χ4n) is 5.51. The maximum absolute atomic E-state index is 5.82. The summed E-state index contributed by atoms with van der Waals surface area (Å²) in [4.78, 5) is 5.85. The topological polar surface area (TPSA) is 37.5 Å². The van der Waals surface area contributed by atoms with Crippen LogP contribution in [0.15, 0.2) is 42.6 Å². The summed E-state index contributed by atoms with van der Waals surface area (Å²) in [5, 5.41) is 1.45. The van der Waals surface area contributed by atoms with E-state index in [1.54, 1.807) is 5.56 Å². The molecule has 36 heavy (non-hydrogen) atoms. The molecular weight excluding hydrogens is 444 g/mol. The molecule has 1 fully saturated rings. The molecule has 1 aliphatic carbocycles. The molecule has 4 heteroatoms. The smallest absolute Gasteiger partial charge is 0.184 e. The van der Waals surface area contributed by atoms with Gasteiger partial charge in [-0.05, 0) is 80.2 Å². The molecule has 2 heterocycles. The molecule has 3 aromatic rings. The van der Waals surface area contributed by atoms with Crippen molar-refractivity contribution >= 4 is 16.6 Å². The van der Waals surface area contributed by atoms with Crippen molar-refractivity contribution in [3.05, 3.63) is 53.7 Å². The molecular formula is C32H46N2O2. The average molecular weight is 491 g/mol. The van der Waals surface area contributed by atoms with E-state index < -0.39 is 0 Å². The van der Waals surface area contributed by atoms with Gasteiger partial charge >= 0.3 is 0 Å². The normalized spacial score (nSPS) is 19.2. The van der Waals surface area contributed by atoms with Crippen molar-refractivity contribution in [2.24, 2.45) is 11.8 Å². The van der Waals surface area contributed by atoms with E-state index >= 15 is 0 Å². The van der Waals surface area contributed by atoms with E-state index in [0.717, 1.165) is 48.8 Å². The third-order valence-electron chi connectivity index (χ3n) is 7.68. The molecule has 2 aliphatic rings. The first-order chi connectivity index (χ1) is 17.5. The van der Waals surface area contributed by atoms with Crippen LogP contribution in [0.25, 0.3) is 10.9 Å². The van der Waals surface area contributed by atoms with Gasteiger partial charge in [0, 0.05) is 30.2 Å². The van der Waals surface area contributed by atoms with Gasteiger partial charge in [-0.15, -0.1) is 0 Å². The van der Waals surface area contributed by atoms with Crippen molar-refractivity contribution in [3.8, 4) is 11.5 Å². The minimum absolute atomic E-state index is 0.647. The number of ether oxygens (including phenoxy) is 2. The van der Waals surface area contributed by atoms with Crippen LogP contribution in [0.1, 0.15) is 83.3 Å². The van der Waals surface area contributed by atoms with Crippen LogP contribution in [0.4, 0.5) is 5.69 Å². The second-order valence-corrected chi connectivity index (χ2v) is 11.2. The van der Waals surface area contributed by atoms with Crippen LogP contribution >= 0.6 is 0 Å². The zero-order valence-electron chi connectivity index (χ0n) is 23.1. The summed E-state index contributed by atoms with van der Waals surface area (Å²) in [5.41, 5.74) is 5.39. The Bertz CT molecular complexity index is 1090. The van der Waals surface area contributed by atoms with Crippen molar-refractivity contribution < 1.29 is 9.47 Å². The number of anilines is 1. The van der Waals surface area contributed by atoms with Crippen LogP contribution in [0, 0.1) is 18.8 Å². The van der Waals surface area contributed by atoms with Gasteiger partial charge in [0.05, 0.1) is 5.69 Å². The van der Waals surface area contributed by atoms with E-state index in [0.29, 0.717) is 13.2 Å². The number of benzene rings is 2. The molecule has 0 radical (unpaired) electrons. The molecule has 0 amide bonds. The molecule has 5 rings (SSSR count). The number of aromatic amines is 1. The standard InChI is InChI=1S/C16H25NO2.C16H21N/c1-4-9-17(10-8-13(2)3)14-6-5-7-15-16(14)19-12-11-18-15;1-11-3-6-13(7-4-11)15-10-17-16-8-5-12(2)9-14(15)16/h5-7,13H,4,8-12H2,1-3H3;5,8-11,13,17H,3-4,6-7H2,1-2H3. The molecule has 4 nitrogen and oxygen atoms in total. The average Bonchev–Trinajstić information content (AvgIpc) is 3.30. The van der Waals surface area contributed by atoms with Gasteiger partial charge in [0.25, 0.3) is 0 Å². The van der Waals surface area contributed by atoms with Crippen molar-refractivity contribution in [3.63, 3.8) is 0 Å². The van der Waals surface area contributed by atoms with Crippen molar-refractivity contribution in [2.45, 2.75) is 79.1 Å². The SMILES string of the molecule is CCCN(CCC(C)C)c1cccc2c1OCCO2.Cc1ccc2[nH]cc(C3CCC(C)CC3)c2c1. The Kier molecular flexibility index (Phi) is 9.23. The van der Waals surface area contributed by atoms with Gasteiger partial charge in [0.2, 0.25) is 0 Å². The second kappa shape index (κ2) is 12.6. The van der Waals surface area contributed by atoms with Crippen LogP contribution in [0.2, 0.25) is 0 Å². The number of rotatable bonds is 7. The van der Waals surface area contributed by atoms with E-state index in [1.807, 2.05) is 6.07 Å². The Labute approximate surface area is 218 Å². The van der Waals surface area contributed by atoms with E-state index in [2.05, 4.69) is 81.0 Å². The number of fused-ring (bicyclic) bond motifs is 2. The van der Waals surface area contributed by atoms with E-state index in [4.69, 9.17) is 9.47 Å². The molecule has 0 saturated heterocycles. The largest absolute Gasteiger partial charge is 0.486 e. The van der Waals surface area contributed by atoms with Gasteiger partial charge < -0.3 is 19.4 Å². The van der Waals surface area contributed by atoms with Crippen molar-refractivity contribution in [1.82, 2.24) is 4.98 Å². The van der Waals surface area contributed by atoms with Crippen molar-refractivity contribution in [2.75, 3.05) is 31.2 Å². The molecule has 2 aromatic carbocycles. The highest BCUT2D eigenvalue weighted by Gasteiger charge is 2.22. The molecule has 0 bridgehead atoms. The fourth-order valence-corrected chi connectivity index (χ4v) is 5.51. The molecule has 0 unspecified atom stereocenters. The van der Waals surface area contributed by atoms with Gasteiger partial charge in [-0.25, -0.2) is 0 Å². The minimum atomic E-state index is 0.647.